The number of nitrogens with two attached hydrogens (primary N) is 1. The van der Waals surface area contributed by atoms with Crippen LogP contribution in [0.1, 0.15) is 18.4 Å². The van der Waals surface area contributed by atoms with E-state index in [4.69, 9.17) is 20.9 Å². The van der Waals surface area contributed by atoms with Gasteiger partial charge in [-0.2, -0.15) is 0 Å². The predicted molar refractivity (Wildman–Crippen MR) is 148 cm³/mol. The van der Waals surface area contributed by atoms with Crippen molar-refractivity contribution in [3.05, 3.63) is 72.3 Å². The number of likely N-dealkylation sites (N-methyl/N-ethyl adjacent to an activating group) is 1. The number of carbonyl (C=O) groups excluding carboxylic acids is 1. The van der Waals surface area contributed by atoms with Crippen LogP contribution >= 0.6 is 0 Å². The number of hydrogen-bond acceptors (Lipinski definition) is 7. The van der Waals surface area contributed by atoms with Crippen molar-refractivity contribution < 1.29 is 9.53 Å². The van der Waals surface area contributed by atoms with E-state index in [2.05, 4.69) is 10.3 Å². The van der Waals surface area contributed by atoms with Crippen molar-refractivity contribution in [2.45, 2.75) is 25.0 Å². The molecule has 0 spiro atoms. The van der Waals surface area contributed by atoms with Crippen LogP contribution in [0.25, 0.3) is 0 Å². The van der Waals surface area contributed by atoms with E-state index in [0.29, 0.717) is 23.8 Å². The van der Waals surface area contributed by atoms with E-state index in [0.717, 1.165) is 37.2 Å². The van der Waals surface area contributed by atoms with Gasteiger partial charge in [-0.25, -0.2) is 0 Å². The molecule has 2 aromatic rings. The van der Waals surface area contributed by atoms with Crippen molar-refractivity contribution in [2.24, 2.45) is 21.6 Å². The second kappa shape index (κ2) is 12.4. The summed E-state index contributed by atoms with van der Waals surface area (Å²) in [5.74, 6) is 1.53. The van der Waals surface area contributed by atoms with Crippen molar-refractivity contribution >= 4 is 23.8 Å². The number of benzene rings is 2. The number of carbonyl (C=O) groups is 1. The van der Waals surface area contributed by atoms with Crippen LogP contribution in [0.4, 0.5) is 0 Å². The first-order chi connectivity index (χ1) is 17.9. The molecule has 2 aliphatic rings. The molecule has 194 valence electrons. The molecule has 0 aromatic heterocycles. The molecule has 37 heavy (non-hydrogen) atoms. The first kappa shape index (κ1) is 26.2. The standard InChI is InChI=1S/C28H35N7O2/c1-34(2)16-7-11-24(36)35-17-6-8-21(35)18-31-28-25(27(30)32-19-33-28)26(29)20-12-14-23(15-13-20)37-22-9-4-3-5-10-22/h3-5,7,9-15,19,21,25,27,29H,6,8,16-18,30H2,1-2H3,(H,31,32,33)/b11-7+,29-26?/t21-,25?,27?/m1/s1. The summed E-state index contributed by atoms with van der Waals surface area (Å²) in [5, 5.41) is 12.0. The minimum atomic E-state index is -0.622. The number of ether oxygens (including phenoxy) is 1. The van der Waals surface area contributed by atoms with Gasteiger partial charge < -0.3 is 31.0 Å². The van der Waals surface area contributed by atoms with Crippen molar-refractivity contribution in [1.82, 2.24) is 15.1 Å². The molecule has 9 heteroatoms. The smallest absolute Gasteiger partial charge is 0.246 e. The van der Waals surface area contributed by atoms with Gasteiger partial charge in [-0.15, -0.1) is 0 Å². The van der Waals surface area contributed by atoms with Crippen LogP contribution in [0.15, 0.2) is 76.7 Å². The fourth-order valence-corrected chi connectivity index (χ4v) is 4.46. The Morgan fingerprint density at radius 1 is 1.22 bits per heavy atom. The zero-order chi connectivity index (χ0) is 26.2. The number of nitrogens with one attached hydrogen (secondary N) is 2. The summed E-state index contributed by atoms with van der Waals surface area (Å²) in [5.41, 5.74) is 7.36. The molecule has 2 unspecified atom stereocenters. The Morgan fingerprint density at radius 2 is 1.95 bits per heavy atom. The zero-order valence-corrected chi connectivity index (χ0v) is 21.4. The Bertz CT molecular complexity index is 1160. The van der Waals surface area contributed by atoms with Crippen molar-refractivity contribution in [3.63, 3.8) is 0 Å². The highest BCUT2D eigenvalue weighted by Gasteiger charge is 2.32. The van der Waals surface area contributed by atoms with Gasteiger partial charge in [0.1, 0.15) is 23.5 Å². The van der Waals surface area contributed by atoms with Crippen LogP contribution in [0, 0.1) is 11.3 Å². The summed E-state index contributed by atoms with van der Waals surface area (Å²) in [6.07, 6.45) is 6.29. The fraction of sp³-hybridized carbons (Fsp3) is 0.357. The number of amides is 1. The minimum absolute atomic E-state index is 0.0153. The summed E-state index contributed by atoms with van der Waals surface area (Å²) in [4.78, 5) is 25.7. The van der Waals surface area contributed by atoms with Crippen molar-refractivity contribution in [1.29, 1.82) is 5.41 Å². The Morgan fingerprint density at radius 3 is 2.68 bits per heavy atom. The first-order valence-corrected chi connectivity index (χ1v) is 12.5. The average Bonchev–Trinajstić information content (AvgIpc) is 3.37. The number of nitrogens with zero attached hydrogens (tertiary/aromatic N) is 4. The van der Waals surface area contributed by atoms with Crippen LogP contribution in [-0.2, 0) is 4.79 Å². The number of rotatable bonds is 9. The summed E-state index contributed by atoms with van der Waals surface area (Å²) >= 11 is 0. The van der Waals surface area contributed by atoms with Gasteiger partial charge in [-0.3, -0.25) is 14.8 Å². The number of likely N-dealkylation sites (tertiary alicyclic amines) is 1. The predicted octanol–water partition coefficient (Wildman–Crippen LogP) is 2.89. The first-order valence-electron chi connectivity index (χ1n) is 12.5. The van der Waals surface area contributed by atoms with Gasteiger partial charge in [0.15, 0.2) is 0 Å². The van der Waals surface area contributed by atoms with E-state index in [1.807, 2.05) is 84.6 Å². The molecule has 0 aliphatic carbocycles. The molecule has 1 saturated heterocycles. The van der Waals surface area contributed by atoms with E-state index in [1.54, 1.807) is 6.08 Å². The third-order valence-corrected chi connectivity index (χ3v) is 6.41. The Labute approximate surface area is 218 Å². The molecule has 1 fully saturated rings. The van der Waals surface area contributed by atoms with E-state index < -0.39 is 12.1 Å². The number of aliphatic imine (C=N–C) groups is 2. The Kier molecular flexibility index (Phi) is 8.81. The Hall–Kier alpha value is -3.82. The molecule has 4 rings (SSSR count). The highest BCUT2D eigenvalue weighted by molar-refractivity contribution is 6.16. The normalized spacial score (nSPS) is 22.5. The Balaban J connectivity index is 1.44. The summed E-state index contributed by atoms with van der Waals surface area (Å²) in [7, 11) is 3.94. The maximum Gasteiger partial charge on any atom is 0.246 e. The second-order valence-electron chi connectivity index (χ2n) is 9.46. The van der Waals surface area contributed by atoms with Gasteiger partial charge in [0.25, 0.3) is 0 Å². The molecule has 9 nitrogen and oxygen atoms in total. The largest absolute Gasteiger partial charge is 0.457 e. The molecule has 1 amide bonds. The fourth-order valence-electron chi connectivity index (χ4n) is 4.46. The van der Waals surface area contributed by atoms with Crippen LogP contribution < -0.4 is 15.8 Å². The van der Waals surface area contributed by atoms with E-state index in [9.17, 15) is 4.79 Å². The van der Waals surface area contributed by atoms with Crippen LogP contribution in [0.3, 0.4) is 0 Å². The third kappa shape index (κ3) is 6.90. The number of para-hydroxylation sites is 1. The molecule has 0 bridgehead atoms. The highest BCUT2D eigenvalue weighted by Crippen LogP contribution is 2.24. The molecule has 2 aliphatic heterocycles. The van der Waals surface area contributed by atoms with Gasteiger partial charge in [0, 0.05) is 19.2 Å². The van der Waals surface area contributed by atoms with Crippen LogP contribution in [0.2, 0.25) is 0 Å². The highest BCUT2D eigenvalue weighted by atomic mass is 16.5. The molecule has 0 radical (unpaired) electrons. The van der Waals surface area contributed by atoms with Crippen LogP contribution in [-0.4, -0.2) is 79.5 Å². The third-order valence-electron chi connectivity index (χ3n) is 6.41. The van der Waals surface area contributed by atoms with Gasteiger partial charge >= 0.3 is 0 Å². The summed E-state index contributed by atoms with van der Waals surface area (Å²) in [6, 6.07) is 16.9. The van der Waals surface area contributed by atoms with Gasteiger partial charge in [0.05, 0.1) is 30.6 Å². The van der Waals surface area contributed by atoms with E-state index in [1.165, 1.54) is 6.34 Å². The maximum atomic E-state index is 12.7. The minimum Gasteiger partial charge on any atom is -0.457 e. The molecule has 2 aromatic carbocycles. The molecular weight excluding hydrogens is 466 g/mol. The lowest BCUT2D eigenvalue weighted by atomic mass is 9.92. The zero-order valence-electron chi connectivity index (χ0n) is 21.4. The summed E-state index contributed by atoms with van der Waals surface area (Å²) < 4.78 is 5.87. The maximum absolute atomic E-state index is 12.7. The lowest BCUT2D eigenvalue weighted by molar-refractivity contribution is -0.126. The van der Waals surface area contributed by atoms with E-state index >= 15 is 0 Å². The summed E-state index contributed by atoms with van der Waals surface area (Å²) in [6.45, 7) is 1.90. The molecule has 3 atom stereocenters. The van der Waals surface area contributed by atoms with Gasteiger partial charge in [0.2, 0.25) is 5.91 Å². The monoisotopic (exact) mass is 501 g/mol. The van der Waals surface area contributed by atoms with Crippen molar-refractivity contribution in [3.8, 4) is 11.5 Å². The quantitative estimate of drug-likeness (QED) is 0.361. The average molecular weight is 502 g/mol. The molecular formula is C28H35N7O2. The van der Waals surface area contributed by atoms with Crippen molar-refractivity contribution in [2.75, 3.05) is 33.7 Å². The SMILES string of the molecule is CN(C)C/C=C/C(=O)N1CCC[C@@H]1CN=C1NC=NC(N)C1C(=N)c1ccc(Oc2ccccc2)cc1. The van der Waals surface area contributed by atoms with E-state index in [-0.39, 0.29) is 11.9 Å². The topological polar surface area (TPSA) is 119 Å². The number of hydrogen-bond donors (Lipinski definition) is 3. The lowest BCUT2D eigenvalue weighted by Crippen LogP contribution is -2.49. The van der Waals surface area contributed by atoms with Gasteiger partial charge in [-0.1, -0.05) is 24.3 Å². The second-order valence-corrected chi connectivity index (χ2v) is 9.46. The molecule has 2 heterocycles. The van der Waals surface area contributed by atoms with Gasteiger partial charge in [-0.05, 0) is 68.9 Å². The number of amidine groups is 1. The lowest BCUT2D eigenvalue weighted by Gasteiger charge is -2.28. The molecule has 4 N–H and O–H groups in total. The molecule has 0 saturated carbocycles. The van der Waals surface area contributed by atoms with Crippen LogP contribution in [0.5, 0.6) is 11.5 Å².